The molecule has 0 spiro atoms. The van der Waals surface area contributed by atoms with Crippen molar-refractivity contribution in [2.45, 2.75) is 37.9 Å². The molecule has 1 aromatic rings. The van der Waals surface area contributed by atoms with Crippen molar-refractivity contribution < 1.29 is 13.5 Å². The smallest absolute Gasteiger partial charge is 0.261 e. The maximum absolute atomic E-state index is 12.1. The van der Waals surface area contributed by atoms with Crippen LogP contribution in [0, 0.1) is 0 Å². The van der Waals surface area contributed by atoms with Crippen LogP contribution in [0.4, 0.5) is 0 Å². The SMILES string of the molecule is CCn1cnc(S(=O)(=O)N(C)CC(C)(C)O)c1. The lowest BCUT2D eigenvalue weighted by molar-refractivity contribution is 0.0639. The quantitative estimate of drug-likeness (QED) is 0.827. The van der Waals surface area contributed by atoms with Crippen LogP contribution in [0.2, 0.25) is 0 Å². The lowest BCUT2D eigenvalue weighted by Crippen LogP contribution is -2.39. The summed E-state index contributed by atoms with van der Waals surface area (Å²) in [5.74, 6) is 0. The Labute approximate surface area is 102 Å². The zero-order valence-corrected chi connectivity index (χ0v) is 11.4. The van der Waals surface area contributed by atoms with E-state index in [0.29, 0.717) is 6.54 Å². The summed E-state index contributed by atoms with van der Waals surface area (Å²) in [5.41, 5.74) is -1.07. The van der Waals surface area contributed by atoms with Gasteiger partial charge in [-0.3, -0.25) is 0 Å². The molecule has 0 radical (unpaired) electrons. The number of aromatic nitrogens is 2. The summed E-state index contributed by atoms with van der Waals surface area (Å²) in [6, 6.07) is 0. The van der Waals surface area contributed by atoms with Crippen LogP contribution in [-0.2, 0) is 16.6 Å². The molecule has 0 fully saturated rings. The maximum Gasteiger partial charge on any atom is 0.261 e. The van der Waals surface area contributed by atoms with Crippen LogP contribution in [0.3, 0.4) is 0 Å². The molecule has 1 rings (SSSR count). The van der Waals surface area contributed by atoms with Gasteiger partial charge in [0.05, 0.1) is 11.9 Å². The predicted molar refractivity (Wildman–Crippen MR) is 64.0 cm³/mol. The second-order valence-electron chi connectivity index (χ2n) is 4.62. The molecule has 1 heterocycles. The van der Waals surface area contributed by atoms with Gasteiger partial charge in [0, 0.05) is 26.3 Å². The van der Waals surface area contributed by atoms with Gasteiger partial charge in [-0.05, 0) is 20.8 Å². The maximum atomic E-state index is 12.1. The molecule has 98 valence electrons. The molecule has 0 unspecified atom stereocenters. The summed E-state index contributed by atoms with van der Waals surface area (Å²) >= 11 is 0. The van der Waals surface area contributed by atoms with Gasteiger partial charge in [-0.25, -0.2) is 13.4 Å². The minimum Gasteiger partial charge on any atom is -0.389 e. The molecule has 0 amide bonds. The van der Waals surface area contributed by atoms with Gasteiger partial charge in [0.15, 0.2) is 5.03 Å². The number of rotatable bonds is 5. The highest BCUT2D eigenvalue weighted by Gasteiger charge is 2.27. The van der Waals surface area contributed by atoms with Crippen molar-refractivity contribution in [2.75, 3.05) is 13.6 Å². The molecule has 1 N–H and O–H groups in total. The fraction of sp³-hybridized carbons (Fsp3) is 0.700. The second-order valence-corrected chi connectivity index (χ2v) is 6.61. The molecule has 0 aliphatic carbocycles. The van der Waals surface area contributed by atoms with E-state index in [2.05, 4.69) is 4.98 Å². The van der Waals surface area contributed by atoms with Gasteiger partial charge in [0.1, 0.15) is 0 Å². The first-order valence-electron chi connectivity index (χ1n) is 5.37. The third-order valence-electron chi connectivity index (χ3n) is 2.26. The standard InChI is InChI=1S/C10H19N3O3S/c1-5-13-6-9(11-8-13)17(15,16)12(4)7-10(2,3)14/h6,8,14H,5,7H2,1-4H3. The molecule has 0 aliphatic rings. The molecule has 0 aromatic carbocycles. The number of hydrogen-bond donors (Lipinski definition) is 1. The van der Waals surface area contributed by atoms with Crippen LogP contribution in [0.15, 0.2) is 17.6 Å². The third kappa shape index (κ3) is 3.52. The van der Waals surface area contributed by atoms with E-state index in [1.165, 1.54) is 19.6 Å². The van der Waals surface area contributed by atoms with Gasteiger partial charge in [-0.1, -0.05) is 0 Å². The molecule has 7 heteroatoms. The lowest BCUT2D eigenvalue weighted by atomic mass is 10.1. The van der Waals surface area contributed by atoms with Crippen molar-refractivity contribution in [1.82, 2.24) is 13.9 Å². The fourth-order valence-electron chi connectivity index (χ4n) is 1.44. The number of aliphatic hydroxyl groups is 1. The summed E-state index contributed by atoms with van der Waals surface area (Å²) in [4.78, 5) is 3.86. The minimum absolute atomic E-state index is 0.00565. The summed E-state index contributed by atoms with van der Waals surface area (Å²) in [6.45, 7) is 5.71. The van der Waals surface area contributed by atoms with Gasteiger partial charge >= 0.3 is 0 Å². The Kier molecular flexibility index (Phi) is 3.95. The molecule has 0 bridgehead atoms. The number of imidazole rings is 1. The van der Waals surface area contributed by atoms with Crippen molar-refractivity contribution in [1.29, 1.82) is 0 Å². The molecule has 17 heavy (non-hydrogen) atoms. The Morgan fingerprint density at radius 3 is 2.53 bits per heavy atom. The number of likely N-dealkylation sites (N-methyl/N-ethyl adjacent to an activating group) is 1. The minimum atomic E-state index is -3.62. The van der Waals surface area contributed by atoms with E-state index in [0.717, 1.165) is 4.31 Å². The number of hydrogen-bond acceptors (Lipinski definition) is 4. The van der Waals surface area contributed by atoms with E-state index in [-0.39, 0.29) is 11.6 Å². The molecule has 0 aliphatic heterocycles. The summed E-state index contributed by atoms with van der Waals surface area (Å²) < 4.78 is 26.9. The number of nitrogens with zero attached hydrogens (tertiary/aromatic N) is 3. The monoisotopic (exact) mass is 261 g/mol. The van der Waals surface area contributed by atoms with E-state index in [9.17, 15) is 13.5 Å². The normalized spacial score (nSPS) is 13.3. The van der Waals surface area contributed by atoms with E-state index in [1.54, 1.807) is 18.4 Å². The summed E-state index contributed by atoms with van der Waals surface area (Å²) in [7, 11) is -2.19. The number of sulfonamides is 1. The Morgan fingerprint density at radius 1 is 1.53 bits per heavy atom. The van der Waals surface area contributed by atoms with Crippen molar-refractivity contribution in [3.8, 4) is 0 Å². The van der Waals surface area contributed by atoms with Crippen molar-refractivity contribution in [3.05, 3.63) is 12.5 Å². The summed E-state index contributed by atoms with van der Waals surface area (Å²) in [5, 5.41) is 9.62. The Morgan fingerprint density at radius 2 is 2.12 bits per heavy atom. The molecule has 1 aromatic heterocycles. The zero-order valence-electron chi connectivity index (χ0n) is 10.6. The van der Waals surface area contributed by atoms with E-state index < -0.39 is 15.6 Å². The highest BCUT2D eigenvalue weighted by Crippen LogP contribution is 2.14. The van der Waals surface area contributed by atoms with Crippen LogP contribution in [0.5, 0.6) is 0 Å². The van der Waals surface area contributed by atoms with Crippen molar-refractivity contribution in [3.63, 3.8) is 0 Å². The van der Waals surface area contributed by atoms with Crippen molar-refractivity contribution in [2.24, 2.45) is 0 Å². The largest absolute Gasteiger partial charge is 0.389 e. The Bertz CT molecular complexity index is 473. The van der Waals surface area contributed by atoms with Crippen LogP contribution in [0.1, 0.15) is 20.8 Å². The predicted octanol–water partition coefficient (Wildman–Crippen LogP) is 0.294. The van der Waals surface area contributed by atoms with E-state index in [4.69, 9.17) is 0 Å². The number of aryl methyl sites for hydroxylation is 1. The first kappa shape index (κ1) is 14.1. The highest BCUT2D eigenvalue weighted by atomic mass is 32.2. The van der Waals surface area contributed by atoms with Gasteiger partial charge in [0.25, 0.3) is 10.0 Å². The molecule has 0 atom stereocenters. The summed E-state index contributed by atoms with van der Waals surface area (Å²) in [6.07, 6.45) is 2.96. The first-order chi connectivity index (χ1) is 7.66. The van der Waals surface area contributed by atoms with E-state index >= 15 is 0 Å². The van der Waals surface area contributed by atoms with Crippen molar-refractivity contribution >= 4 is 10.0 Å². The molecular formula is C10H19N3O3S. The Hall–Kier alpha value is -0.920. The topological polar surface area (TPSA) is 75.4 Å². The Balaban J connectivity index is 2.95. The highest BCUT2D eigenvalue weighted by molar-refractivity contribution is 7.89. The van der Waals surface area contributed by atoms with Gasteiger partial charge in [0.2, 0.25) is 0 Å². The van der Waals surface area contributed by atoms with Crippen LogP contribution >= 0.6 is 0 Å². The zero-order chi connectivity index (χ0) is 13.3. The van der Waals surface area contributed by atoms with Crippen LogP contribution in [-0.4, -0.2) is 46.6 Å². The van der Waals surface area contributed by atoms with Crippen LogP contribution in [0.25, 0.3) is 0 Å². The molecule has 0 saturated heterocycles. The lowest BCUT2D eigenvalue weighted by Gasteiger charge is -2.24. The van der Waals surface area contributed by atoms with Gasteiger partial charge in [-0.15, -0.1) is 0 Å². The van der Waals surface area contributed by atoms with Crippen LogP contribution < -0.4 is 0 Å². The third-order valence-corrected chi connectivity index (χ3v) is 3.95. The molecular weight excluding hydrogens is 242 g/mol. The van der Waals surface area contributed by atoms with Gasteiger partial charge < -0.3 is 9.67 Å². The molecule has 0 saturated carbocycles. The fourth-order valence-corrected chi connectivity index (χ4v) is 2.69. The average Bonchev–Trinajstić information content (AvgIpc) is 2.63. The van der Waals surface area contributed by atoms with E-state index in [1.807, 2.05) is 6.92 Å². The van der Waals surface area contributed by atoms with Gasteiger partial charge in [-0.2, -0.15) is 4.31 Å². The molecule has 6 nitrogen and oxygen atoms in total. The first-order valence-corrected chi connectivity index (χ1v) is 6.81. The average molecular weight is 261 g/mol. The second kappa shape index (κ2) is 4.75.